The Bertz CT molecular complexity index is 61.4. The van der Waals surface area contributed by atoms with Gasteiger partial charge in [-0.1, -0.05) is 0 Å². The van der Waals surface area contributed by atoms with E-state index in [1.807, 2.05) is 0 Å². The van der Waals surface area contributed by atoms with Crippen molar-refractivity contribution >= 4 is 11.8 Å². The van der Waals surface area contributed by atoms with Crippen LogP contribution in [0.4, 0.5) is 0 Å². The summed E-state index contributed by atoms with van der Waals surface area (Å²) < 4.78 is 10.1. The zero-order chi connectivity index (χ0) is 5.82. The van der Waals surface area contributed by atoms with Gasteiger partial charge in [0.1, 0.15) is 6.79 Å². The van der Waals surface area contributed by atoms with Crippen molar-refractivity contribution in [1.82, 2.24) is 0 Å². The zero-order valence-corrected chi connectivity index (χ0v) is 5.74. The van der Waals surface area contributed by atoms with Crippen LogP contribution in [0.1, 0.15) is 0 Å². The lowest BCUT2D eigenvalue weighted by Gasteiger charge is -2.19. The fourth-order valence-electron chi connectivity index (χ4n) is 0.602. The van der Waals surface area contributed by atoms with E-state index < -0.39 is 0 Å². The molecule has 0 aromatic rings. The summed E-state index contributed by atoms with van der Waals surface area (Å²) in [7, 11) is 0. The van der Waals surface area contributed by atoms with Gasteiger partial charge in [0.2, 0.25) is 0 Å². The molecule has 0 bridgehead atoms. The van der Waals surface area contributed by atoms with E-state index in [-0.39, 0.29) is 0 Å². The molecule has 0 atom stereocenters. The van der Waals surface area contributed by atoms with Crippen LogP contribution in [0.15, 0.2) is 0 Å². The summed E-state index contributed by atoms with van der Waals surface area (Å²) in [5, 5.41) is 0.559. The standard InChI is InChI=1S/C5H10O2S/c1-8-5-2-6-4-7-3-5/h5H,2-4H2,1H3. The normalized spacial score (nSPS) is 23.6. The summed E-state index contributed by atoms with van der Waals surface area (Å²) in [5.74, 6) is 0. The molecule has 48 valence electrons. The third-order valence-corrected chi connectivity index (χ3v) is 2.05. The van der Waals surface area contributed by atoms with Crippen LogP contribution in [0.5, 0.6) is 0 Å². The fraction of sp³-hybridized carbons (Fsp3) is 1.00. The van der Waals surface area contributed by atoms with Crippen LogP contribution in [0.25, 0.3) is 0 Å². The molecule has 1 aliphatic rings. The molecule has 2 nitrogen and oxygen atoms in total. The second kappa shape index (κ2) is 3.33. The predicted octanol–water partition coefficient (Wildman–Crippen LogP) is 0.722. The molecular formula is C5H10O2S. The van der Waals surface area contributed by atoms with Crippen molar-refractivity contribution in [3.8, 4) is 0 Å². The van der Waals surface area contributed by atoms with E-state index in [9.17, 15) is 0 Å². The Morgan fingerprint density at radius 1 is 1.38 bits per heavy atom. The molecule has 0 N–H and O–H groups in total. The smallest absolute Gasteiger partial charge is 0.146 e. The molecule has 0 spiro atoms. The van der Waals surface area contributed by atoms with Gasteiger partial charge in [0.25, 0.3) is 0 Å². The molecule has 1 heterocycles. The summed E-state index contributed by atoms with van der Waals surface area (Å²) in [5.41, 5.74) is 0. The van der Waals surface area contributed by atoms with Crippen LogP contribution in [0, 0.1) is 0 Å². The third kappa shape index (κ3) is 1.65. The van der Waals surface area contributed by atoms with Gasteiger partial charge in [-0.3, -0.25) is 0 Å². The summed E-state index contributed by atoms with van der Waals surface area (Å²) in [6, 6.07) is 0. The SMILES string of the molecule is CSC1COCOC1. The number of thioether (sulfide) groups is 1. The van der Waals surface area contributed by atoms with E-state index in [4.69, 9.17) is 9.47 Å². The molecule has 0 aromatic carbocycles. The molecule has 0 amide bonds. The Labute approximate surface area is 53.5 Å². The van der Waals surface area contributed by atoms with Gasteiger partial charge in [-0.2, -0.15) is 11.8 Å². The monoisotopic (exact) mass is 134 g/mol. The summed E-state index contributed by atoms with van der Waals surface area (Å²) in [6.07, 6.45) is 2.07. The van der Waals surface area contributed by atoms with Crippen molar-refractivity contribution in [3.63, 3.8) is 0 Å². The van der Waals surface area contributed by atoms with Gasteiger partial charge < -0.3 is 9.47 Å². The lowest BCUT2D eigenvalue weighted by Crippen LogP contribution is -2.25. The van der Waals surface area contributed by atoms with Gasteiger partial charge in [0.05, 0.1) is 18.5 Å². The highest BCUT2D eigenvalue weighted by atomic mass is 32.2. The molecule has 8 heavy (non-hydrogen) atoms. The Morgan fingerprint density at radius 2 is 2.00 bits per heavy atom. The second-order valence-corrected chi connectivity index (χ2v) is 2.86. The van der Waals surface area contributed by atoms with Gasteiger partial charge in [-0.15, -0.1) is 0 Å². The maximum absolute atomic E-state index is 5.03. The third-order valence-electron chi connectivity index (χ3n) is 1.11. The van der Waals surface area contributed by atoms with Crippen LogP contribution in [-0.2, 0) is 9.47 Å². The predicted molar refractivity (Wildman–Crippen MR) is 34.1 cm³/mol. The van der Waals surface area contributed by atoms with Crippen LogP contribution < -0.4 is 0 Å². The van der Waals surface area contributed by atoms with E-state index in [2.05, 4.69) is 6.26 Å². The number of hydrogen-bond donors (Lipinski definition) is 0. The molecule has 0 aromatic heterocycles. The van der Waals surface area contributed by atoms with Crippen molar-refractivity contribution in [2.45, 2.75) is 5.25 Å². The van der Waals surface area contributed by atoms with Crippen molar-refractivity contribution in [2.75, 3.05) is 26.3 Å². The maximum Gasteiger partial charge on any atom is 0.146 e. The summed E-state index contributed by atoms with van der Waals surface area (Å²) >= 11 is 1.80. The molecule has 1 fully saturated rings. The van der Waals surface area contributed by atoms with Gasteiger partial charge in [0, 0.05) is 0 Å². The van der Waals surface area contributed by atoms with E-state index >= 15 is 0 Å². The Balaban J connectivity index is 2.13. The average molecular weight is 134 g/mol. The molecule has 1 aliphatic heterocycles. The Morgan fingerprint density at radius 3 is 2.38 bits per heavy atom. The van der Waals surface area contributed by atoms with Gasteiger partial charge in [-0.05, 0) is 6.26 Å². The lowest BCUT2D eigenvalue weighted by atomic mass is 10.5. The van der Waals surface area contributed by atoms with Crippen LogP contribution in [0.3, 0.4) is 0 Å². The first kappa shape index (κ1) is 6.39. The molecule has 1 saturated heterocycles. The number of ether oxygens (including phenoxy) is 2. The van der Waals surface area contributed by atoms with Gasteiger partial charge in [0.15, 0.2) is 0 Å². The highest BCUT2D eigenvalue weighted by molar-refractivity contribution is 7.99. The Kier molecular flexibility index (Phi) is 2.66. The first-order valence-corrected chi connectivity index (χ1v) is 3.90. The molecule has 0 unspecified atom stereocenters. The highest BCUT2D eigenvalue weighted by Crippen LogP contribution is 2.10. The maximum atomic E-state index is 5.03. The Hall–Kier alpha value is 0.270. The fourth-order valence-corrected chi connectivity index (χ4v) is 1.07. The minimum absolute atomic E-state index is 0.483. The molecular weight excluding hydrogens is 124 g/mol. The van der Waals surface area contributed by atoms with Crippen LogP contribution in [-0.4, -0.2) is 31.5 Å². The minimum atomic E-state index is 0.483. The second-order valence-electron chi connectivity index (χ2n) is 1.72. The van der Waals surface area contributed by atoms with E-state index in [1.165, 1.54) is 0 Å². The van der Waals surface area contributed by atoms with Crippen molar-refractivity contribution < 1.29 is 9.47 Å². The minimum Gasteiger partial charge on any atom is -0.354 e. The molecule has 0 saturated carbocycles. The summed E-state index contributed by atoms with van der Waals surface area (Å²) in [4.78, 5) is 0. The van der Waals surface area contributed by atoms with Gasteiger partial charge in [-0.25, -0.2) is 0 Å². The van der Waals surface area contributed by atoms with E-state index in [1.54, 1.807) is 11.8 Å². The summed E-state index contributed by atoms with van der Waals surface area (Å²) in [6.45, 7) is 2.18. The highest BCUT2D eigenvalue weighted by Gasteiger charge is 2.11. The van der Waals surface area contributed by atoms with Crippen molar-refractivity contribution in [3.05, 3.63) is 0 Å². The van der Waals surface area contributed by atoms with Crippen LogP contribution in [0.2, 0.25) is 0 Å². The topological polar surface area (TPSA) is 18.5 Å². The van der Waals surface area contributed by atoms with Gasteiger partial charge >= 0.3 is 0 Å². The van der Waals surface area contributed by atoms with Crippen molar-refractivity contribution in [2.24, 2.45) is 0 Å². The lowest BCUT2D eigenvalue weighted by molar-refractivity contribution is -0.0924. The number of rotatable bonds is 1. The molecule has 0 aliphatic carbocycles. The average Bonchev–Trinajstić information content (AvgIpc) is 1.90. The molecule has 1 rings (SSSR count). The van der Waals surface area contributed by atoms with Crippen LogP contribution >= 0.6 is 11.8 Å². The van der Waals surface area contributed by atoms with E-state index in [0.717, 1.165) is 13.2 Å². The molecule has 3 heteroatoms. The first-order valence-electron chi connectivity index (χ1n) is 2.62. The largest absolute Gasteiger partial charge is 0.354 e. The van der Waals surface area contributed by atoms with Crippen molar-refractivity contribution in [1.29, 1.82) is 0 Å². The first-order chi connectivity index (χ1) is 3.93. The zero-order valence-electron chi connectivity index (χ0n) is 4.92. The number of hydrogen-bond acceptors (Lipinski definition) is 3. The quantitative estimate of drug-likeness (QED) is 0.526. The van der Waals surface area contributed by atoms with E-state index in [0.29, 0.717) is 12.0 Å². The molecule has 0 radical (unpaired) electrons.